The van der Waals surface area contributed by atoms with E-state index in [1.54, 1.807) is 11.0 Å². The van der Waals surface area contributed by atoms with Crippen LogP contribution in [0.5, 0.6) is 11.5 Å². The molecule has 2 aliphatic heterocycles. The monoisotopic (exact) mass is 485 g/mol. The van der Waals surface area contributed by atoms with Gasteiger partial charge in [0, 0.05) is 23.6 Å². The molecule has 6 nitrogen and oxygen atoms in total. The van der Waals surface area contributed by atoms with E-state index in [0.717, 1.165) is 5.56 Å². The Labute approximate surface area is 194 Å². The van der Waals surface area contributed by atoms with Gasteiger partial charge in [0.2, 0.25) is 0 Å². The number of hydrogen-bond acceptors (Lipinski definition) is 5. The average Bonchev–Trinajstić information content (AvgIpc) is 3.22. The summed E-state index contributed by atoms with van der Waals surface area (Å²) >= 11 is 6.17. The number of rotatable bonds is 6. The normalized spacial score (nSPS) is 22.7. The Kier molecular flexibility index (Phi) is 6.74. The topological polar surface area (TPSA) is 57.2 Å². The van der Waals surface area contributed by atoms with Crippen LogP contribution in [0.25, 0.3) is 0 Å². The SMILES string of the molecule is COc1cc(C(=O)N2CC[C@]3(c4cccc(Cl)c4)OCO[C@@H]3C2)ccc1OCCC(F)(F)F. The number of nitrogens with zero attached hydrogens (tertiary/aromatic N) is 1. The first-order chi connectivity index (χ1) is 15.7. The number of benzene rings is 2. The zero-order chi connectivity index (χ0) is 23.6. The van der Waals surface area contributed by atoms with Crippen molar-refractivity contribution >= 4 is 17.5 Å². The van der Waals surface area contributed by atoms with Gasteiger partial charge in [0.25, 0.3) is 5.91 Å². The van der Waals surface area contributed by atoms with Crippen molar-refractivity contribution in [3.05, 3.63) is 58.6 Å². The molecule has 2 aromatic rings. The molecule has 0 aliphatic carbocycles. The van der Waals surface area contributed by atoms with E-state index in [2.05, 4.69) is 0 Å². The van der Waals surface area contributed by atoms with Crippen LogP contribution in [0.1, 0.15) is 28.8 Å². The summed E-state index contributed by atoms with van der Waals surface area (Å²) in [6.07, 6.45) is -5.23. The van der Waals surface area contributed by atoms with Gasteiger partial charge in [0.05, 0.1) is 26.7 Å². The minimum absolute atomic E-state index is 0.122. The summed E-state index contributed by atoms with van der Waals surface area (Å²) in [7, 11) is 1.37. The van der Waals surface area contributed by atoms with Gasteiger partial charge in [-0.25, -0.2) is 0 Å². The highest BCUT2D eigenvalue weighted by atomic mass is 35.5. The molecule has 2 aromatic carbocycles. The molecule has 4 rings (SSSR count). The number of methoxy groups -OCH3 is 1. The molecule has 0 spiro atoms. The fourth-order valence-corrected chi connectivity index (χ4v) is 4.39. The lowest BCUT2D eigenvalue weighted by Crippen LogP contribution is -2.53. The predicted octanol–water partition coefficient (Wildman–Crippen LogP) is 4.79. The van der Waals surface area contributed by atoms with Crippen LogP contribution in [0, 0.1) is 0 Å². The number of halogens is 4. The second kappa shape index (κ2) is 9.40. The molecule has 0 N–H and O–H groups in total. The van der Waals surface area contributed by atoms with Crippen molar-refractivity contribution in [3.8, 4) is 11.5 Å². The van der Waals surface area contributed by atoms with E-state index in [1.807, 2.05) is 18.2 Å². The van der Waals surface area contributed by atoms with Crippen molar-refractivity contribution in [2.45, 2.75) is 30.7 Å². The first-order valence-corrected chi connectivity index (χ1v) is 10.8. The molecule has 1 amide bonds. The van der Waals surface area contributed by atoms with Crippen molar-refractivity contribution in [2.24, 2.45) is 0 Å². The van der Waals surface area contributed by atoms with Gasteiger partial charge >= 0.3 is 6.18 Å². The zero-order valence-corrected chi connectivity index (χ0v) is 18.6. The molecule has 2 atom stereocenters. The fraction of sp³-hybridized carbons (Fsp3) is 0.435. The molecule has 0 unspecified atom stereocenters. The van der Waals surface area contributed by atoms with Gasteiger partial charge in [0.1, 0.15) is 18.5 Å². The highest BCUT2D eigenvalue weighted by molar-refractivity contribution is 6.30. The lowest BCUT2D eigenvalue weighted by molar-refractivity contribution is -0.139. The predicted molar refractivity (Wildman–Crippen MR) is 114 cm³/mol. The summed E-state index contributed by atoms with van der Waals surface area (Å²) in [4.78, 5) is 14.8. The lowest BCUT2D eigenvalue weighted by Gasteiger charge is -2.42. The quantitative estimate of drug-likeness (QED) is 0.588. The maximum absolute atomic E-state index is 13.2. The summed E-state index contributed by atoms with van der Waals surface area (Å²) in [5.41, 5.74) is 0.575. The Morgan fingerprint density at radius 1 is 1.24 bits per heavy atom. The van der Waals surface area contributed by atoms with Crippen LogP contribution in [0.2, 0.25) is 5.02 Å². The number of carbonyl (C=O) groups is 1. The second-order valence-electron chi connectivity index (χ2n) is 7.90. The minimum atomic E-state index is -4.32. The Morgan fingerprint density at radius 2 is 2.06 bits per heavy atom. The van der Waals surface area contributed by atoms with Crippen molar-refractivity contribution in [3.63, 3.8) is 0 Å². The molecule has 2 fully saturated rings. The number of carbonyl (C=O) groups excluding carboxylic acids is 1. The highest BCUT2D eigenvalue weighted by Gasteiger charge is 2.51. The van der Waals surface area contributed by atoms with E-state index in [-0.39, 0.29) is 30.3 Å². The van der Waals surface area contributed by atoms with Gasteiger partial charge in [-0.1, -0.05) is 23.7 Å². The molecular weight excluding hydrogens is 463 g/mol. The molecule has 2 aliphatic rings. The Morgan fingerprint density at radius 3 is 2.79 bits per heavy atom. The number of fused-ring (bicyclic) bond motifs is 1. The van der Waals surface area contributed by atoms with Crippen LogP contribution < -0.4 is 9.47 Å². The standard InChI is InChI=1S/C23H23ClF3NO5/c1-30-19-11-15(5-6-18(19)31-10-8-23(25,26)27)21(29)28-9-7-22(20(13-28)32-14-33-22)16-3-2-4-17(24)12-16/h2-6,11-12,20H,7-10,13-14H2,1H3/t20-,22-/m1/s1. The maximum Gasteiger partial charge on any atom is 0.392 e. The van der Waals surface area contributed by atoms with Crippen LogP contribution in [-0.4, -0.2) is 56.7 Å². The Balaban J connectivity index is 1.47. The van der Waals surface area contributed by atoms with Crippen molar-refractivity contribution in [1.82, 2.24) is 4.90 Å². The van der Waals surface area contributed by atoms with Crippen LogP contribution in [-0.2, 0) is 15.1 Å². The first-order valence-electron chi connectivity index (χ1n) is 10.4. The van der Waals surface area contributed by atoms with Crippen LogP contribution in [0.4, 0.5) is 13.2 Å². The Hall–Kier alpha value is -2.49. The summed E-state index contributed by atoms with van der Waals surface area (Å²) in [5, 5.41) is 0.597. The molecule has 2 heterocycles. The van der Waals surface area contributed by atoms with E-state index < -0.39 is 24.8 Å². The third-order valence-electron chi connectivity index (χ3n) is 5.90. The molecule has 0 bridgehead atoms. The summed E-state index contributed by atoms with van der Waals surface area (Å²) in [6, 6.07) is 11.9. The van der Waals surface area contributed by atoms with Crippen LogP contribution in [0.3, 0.4) is 0 Å². The van der Waals surface area contributed by atoms with Gasteiger partial charge in [-0.2, -0.15) is 13.2 Å². The molecule has 0 saturated carbocycles. The smallest absolute Gasteiger partial charge is 0.392 e. The molecule has 0 aromatic heterocycles. The van der Waals surface area contributed by atoms with Crippen molar-refractivity contribution in [2.75, 3.05) is 33.6 Å². The second-order valence-corrected chi connectivity index (χ2v) is 8.33. The molecule has 2 saturated heterocycles. The van der Waals surface area contributed by atoms with Gasteiger partial charge in [0.15, 0.2) is 11.5 Å². The number of likely N-dealkylation sites (tertiary alicyclic amines) is 1. The lowest BCUT2D eigenvalue weighted by atomic mass is 9.82. The molecular formula is C23H23ClF3NO5. The number of alkyl halides is 3. The van der Waals surface area contributed by atoms with Crippen LogP contribution >= 0.6 is 11.6 Å². The number of hydrogen-bond donors (Lipinski definition) is 0. The van der Waals surface area contributed by atoms with E-state index >= 15 is 0 Å². The molecule has 0 radical (unpaired) electrons. The highest BCUT2D eigenvalue weighted by Crippen LogP contribution is 2.43. The van der Waals surface area contributed by atoms with Crippen molar-refractivity contribution < 1.29 is 36.9 Å². The molecule has 178 valence electrons. The summed E-state index contributed by atoms with van der Waals surface area (Å²) in [5.74, 6) is 0.0866. The maximum atomic E-state index is 13.2. The molecule has 33 heavy (non-hydrogen) atoms. The van der Waals surface area contributed by atoms with Crippen molar-refractivity contribution in [1.29, 1.82) is 0 Å². The Bertz CT molecular complexity index is 1020. The average molecular weight is 486 g/mol. The van der Waals surface area contributed by atoms with E-state index in [0.29, 0.717) is 30.1 Å². The summed E-state index contributed by atoms with van der Waals surface area (Å²) in [6.45, 7) is 0.329. The van der Waals surface area contributed by atoms with Gasteiger partial charge in [-0.3, -0.25) is 4.79 Å². The van der Waals surface area contributed by atoms with Gasteiger partial charge < -0.3 is 23.8 Å². The third-order valence-corrected chi connectivity index (χ3v) is 6.13. The van der Waals surface area contributed by atoms with Crippen LogP contribution in [0.15, 0.2) is 42.5 Å². The first kappa shape index (κ1) is 23.7. The summed E-state index contributed by atoms with van der Waals surface area (Å²) < 4.78 is 59.4. The zero-order valence-electron chi connectivity index (χ0n) is 17.9. The number of amides is 1. The third kappa shape index (κ3) is 5.05. The fourth-order valence-electron chi connectivity index (χ4n) is 4.20. The van der Waals surface area contributed by atoms with E-state index in [4.69, 9.17) is 30.5 Å². The number of piperidine rings is 1. The van der Waals surface area contributed by atoms with E-state index in [1.165, 1.54) is 25.3 Å². The number of ether oxygens (including phenoxy) is 4. The largest absolute Gasteiger partial charge is 0.493 e. The molecule has 10 heteroatoms. The minimum Gasteiger partial charge on any atom is -0.493 e. The van der Waals surface area contributed by atoms with Gasteiger partial charge in [-0.15, -0.1) is 0 Å². The van der Waals surface area contributed by atoms with Gasteiger partial charge in [-0.05, 0) is 35.9 Å². The van der Waals surface area contributed by atoms with E-state index in [9.17, 15) is 18.0 Å².